The van der Waals surface area contributed by atoms with Crippen LogP contribution in [0.3, 0.4) is 0 Å². The van der Waals surface area contributed by atoms with Crippen molar-refractivity contribution >= 4 is 100 Å². The lowest BCUT2D eigenvalue weighted by Gasteiger charge is -2.08. The SMILES string of the molecule is C(=C1SC2=C(S1)SC(=C1SC3=C(SCCS3)S1)S2)c1ccccc1. The summed E-state index contributed by atoms with van der Waals surface area (Å²) in [5.41, 5.74) is 1.29. The molecule has 5 rings (SSSR count). The molecule has 0 bridgehead atoms. The molecule has 0 fully saturated rings. The quantitative estimate of drug-likeness (QED) is 0.407. The lowest BCUT2D eigenvalue weighted by Crippen LogP contribution is -1.88. The van der Waals surface area contributed by atoms with Gasteiger partial charge in [-0.05, 0) is 11.6 Å². The zero-order chi connectivity index (χ0) is 15.9. The maximum absolute atomic E-state index is 2.30. The van der Waals surface area contributed by atoms with E-state index in [-0.39, 0.29) is 0 Å². The van der Waals surface area contributed by atoms with Gasteiger partial charge in [0.05, 0.1) is 29.7 Å². The smallest absolute Gasteiger partial charge is 0.0718 e. The van der Waals surface area contributed by atoms with Crippen LogP contribution in [0, 0.1) is 0 Å². The van der Waals surface area contributed by atoms with Crippen LogP contribution in [0.2, 0.25) is 0 Å². The van der Waals surface area contributed by atoms with E-state index < -0.39 is 0 Å². The molecule has 0 aliphatic carbocycles. The van der Waals surface area contributed by atoms with E-state index in [0.717, 1.165) is 0 Å². The molecule has 4 aliphatic rings. The Bertz CT molecular complexity index is 776. The van der Waals surface area contributed by atoms with E-state index in [1.54, 1.807) is 0 Å². The summed E-state index contributed by atoms with van der Waals surface area (Å²) >= 11 is 15.9. The van der Waals surface area contributed by atoms with E-state index >= 15 is 0 Å². The summed E-state index contributed by atoms with van der Waals surface area (Å²) in [5, 5.41) is 0. The highest BCUT2D eigenvalue weighted by molar-refractivity contribution is 8.49. The number of rotatable bonds is 1. The Hall–Kier alpha value is 0.980. The first-order chi connectivity index (χ1) is 11.8. The molecular weight excluding hydrogens is 449 g/mol. The molecule has 4 heterocycles. The van der Waals surface area contributed by atoms with Gasteiger partial charge in [0.2, 0.25) is 0 Å². The van der Waals surface area contributed by atoms with E-state index in [4.69, 9.17) is 0 Å². The average molecular weight is 459 g/mol. The van der Waals surface area contributed by atoms with Crippen molar-refractivity contribution in [2.75, 3.05) is 11.5 Å². The molecule has 0 nitrogen and oxygen atoms in total. The highest BCUT2D eigenvalue weighted by Gasteiger charge is 2.35. The summed E-state index contributed by atoms with van der Waals surface area (Å²) in [6, 6.07) is 10.6. The van der Waals surface area contributed by atoms with Gasteiger partial charge in [0.25, 0.3) is 0 Å². The van der Waals surface area contributed by atoms with Crippen LogP contribution >= 0.6 is 94.1 Å². The fourth-order valence-electron chi connectivity index (χ4n) is 2.23. The van der Waals surface area contributed by atoms with Crippen molar-refractivity contribution in [3.63, 3.8) is 0 Å². The van der Waals surface area contributed by atoms with E-state index in [1.807, 2.05) is 94.1 Å². The third kappa shape index (κ3) is 3.54. The van der Waals surface area contributed by atoms with Crippen LogP contribution < -0.4 is 0 Å². The molecule has 0 radical (unpaired) electrons. The molecule has 1 aromatic carbocycles. The van der Waals surface area contributed by atoms with Crippen molar-refractivity contribution in [3.05, 3.63) is 65.6 Å². The number of benzene rings is 1. The molecule has 122 valence electrons. The average Bonchev–Trinajstić information content (AvgIpc) is 3.27. The Morgan fingerprint density at radius 3 is 1.67 bits per heavy atom. The predicted octanol–water partition coefficient (Wildman–Crippen LogP) is 8.28. The van der Waals surface area contributed by atoms with Crippen molar-refractivity contribution in [2.45, 2.75) is 0 Å². The van der Waals surface area contributed by atoms with Crippen LogP contribution in [-0.4, -0.2) is 11.5 Å². The Labute approximate surface area is 175 Å². The molecule has 0 amide bonds. The molecule has 1 aromatic rings. The summed E-state index contributed by atoms with van der Waals surface area (Å²) in [6.45, 7) is 0. The van der Waals surface area contributed by atoms with Gasteiger partial charge >= 0.3 is 0 Å². The second-order valence-corrected chi connectivity index (χ2v) is 15.1. The van der Waals surface area contributed by atoms with Crippen LogP contribution in [0.5, 0.6) is 0 Å². The predicted molar refractivity (Wildman–Crippen MR) is 126 cm³/mol. The maximum atomic E-state index is 2.30. The molecule has 4 aliphatic heterocycles. The van der Waals surface area contributed by atoms with Crippen LogP contribution in [0.15, 0.2) is 60.0 Å². The van der Waals surface area contributed by atoms with Crippen LogP contribution in [0.25, 0.3) is 6.08 Å². The second-order valence-electron chi connectivity index (χ2n) is 4.91. The van der Waals surface area contributed by atoms with Gasteiger partial charge in [0.15, 0.2) is 0 Å². The Kier molecular flexibility index (Phi) is 5.37. The standard InChI is InChI=1S/C16H10S8/c1-2-4-9(5-3-1)8-10-19-13-14(20-10)24-16(23-13)15-21-11-12(22-15)18-7-6-17-11/h1-5,8H,6-7H2. The summed E-state index contributed by atoms with van der Waals surface area (Å²) in [5.74, 6) is 2.52. The lowest BCUT2D eigenvalue weighted by atomic mass is 10.2. The molecule has 0 aromatic heterocycles. The molecular formula is C16H10S8. The molecule has 0 saturated heterocycles. The van der Waals surface area contributed by atoms with Crippen molar-refractivity contribution in [2.24, 2.45) is 0 Å². The minimum atomic E-state index is 1.26. The summed E-state index contributed by atoms with van der Waals surface area (Å²) in [7, 11) is 0. The fraction of sp³-hybridized carbons (Fsp3) is 0.125. The topological polar surface area (TPSA) is 0 Å². The third-order valence-corrected chi connectivity index (χ3v) is 15.1. The second kappa shape index (κ2) is 7.54. The summed E-state index contributed by atoms with van der Waals surface area (Å²) in [4.78, 5) is 0. The summed E-state index contributed by atoms with van der Waals surface area (Å²) < 4.78 is 10.4. The summed E-state index contributed by atoms with van der Waals surface area (Å²) in [6.07, 6.45) is 2.30. The first kappa shape index (κ1) is 17.1. The van der Waals surface area contributed by atoms with E-state index in [0.29, 0.717) is 0 Å². The van der Waals surface area contributed by atoms with E-state index in [2.05, 4.69) is 36.4 Å². The first-order valence-electron chi connectivity index (χ1n) is 7.17. The number of thioether (sulfide) groups is 8. The van der Waals surface area contributed by atoms with Crippen LogP contribution in [-0.2, 0) is 0 Å². The van der Waals surface area contributed by atoms with Gasteiger partial charge in [0.1, 0.15) is 0 Å². The van der Waals surface area contributed by atoms with Crippen molar-refractivity contribution in [3.8, 4) is 0 Å². The zero-order valence-electron chi connectivity index (χ0n) is 12.1. The first-order valence-corrected chi connectivity index (χ1v) is 14.0. The highest BCUT2D eigenvalue weighted by atomic mass is 32.3. The van der Waals surface area contributed by atoms with Gasteiger partial charge in [-0.15, -0.1) is 23.5 Å². The minimum Gasteiger partial charge on any atom is -0.116 e. The normalized spacial score (nSPS) is 23.2. The molecule has 0 saturated carbocycles. The van der Waals surface area contributed by atoms with Gasteiger partial charge in [-0.2, -0.15) is 0 Å². The molecule has 0 N–H and O–H groups in total. The van der Waals surface area contributed by atoms with Crippen LogP contribution in [0.4, 0.5) is 0 Å². The number of hydrogen-bond donors (Lipinski definition) is 0. The Morgan fingerprint density at radius 1 is 0.583 bits per heavy atom. The minimum absolute atomic E-state index is 1.26. The Morgan fingerprint density at radius 2 is 1.08 bits per heavy atom. The molecule has 0 atom stereocenters. The molecule has 0 spiro atoms. The van der Waals surface area contributed by atoms with Crippen LogP contribution in [0.1, 0.15) is 5.56 Å². The van der Waals surface area contributed by atoms with Crippen molar-refractivity contribution < 1.29 is 0 Å². The molecule has 24 heavy (non-hydrogen) atoms. The zero-order valence-corrected chi connectivity index (χ0v) is 18.7. The van der Waals surface area contributed by atoms with Crippen molar-refractivity contribution in [1.29, 1.82) is 0 Å². The molecule has 8 heteroatoms. The largest absolute Gasteiger partial charge is 0.116 e. The number of hydrogen-bond acceptors (Lipinski definition) is 8. The van der Waals surface area contributed by atoms with Gasteiger partial charge in [-0.3, -0.25) is 0 Å². The van der Waals surface area contributed by atoms with Gasteiger partial charge in [0, 0.05) is 11.5 Å². The van der Waals surface area contributed by atoms with Crippen molar-refractivity contribution in [1.82, 2.24) is 0 Å². The maximum Gasteiger partial charge on any atom is 0.0718 e. The third-order valence-electron chi connectivity index (χ3n) is 3.26. The van der Waals surface area contributed by atoms with Gasteiger partial charge < -0.3 is 0 Å². The fourth-order valence-corrected chi connectivity index (χ4v) is 14.8. The van der Waals surface area contributed by atoms with Gasteiger partial charge in [-0.25, -0.2) is 0 Å². The molecule has 0 unspecified atom stereocenters. The van der Waals surface area contributed by atoms with E-state index in [1.165, 1.54) is 46.7 Å². The Balaban J connectivity index is 1.28. The van der Waals surface area contributed by atoms with E-state index in [9.17, 15) is 0 Å². The highest BCUT2D eigenvalue weighted by Crippen LogP contribution is 2.71. The monoisotopic (exact) mass is 458 g/mol. The lowest BCUT2D eigenvalue weighted by molar-refractivity contribution is 1.56. The van der Waals surface area contributed by atoms with Gasteiger partial charge in [-0.1, -0.05) is 101 Å².